The summed E-state index contributed by atoms with van der Waals surface area (Å²) in [6.45, 7) is 2.49. The number of aliphatic carboxylic acids is 1. The number of quaternary nitrogens is 1. The molecule has 1 atom stereocenters. The molecular weight excluding hydrogens is 298 g/mol. The molecule has 0 aromatic rings. The Labute approximate surface area is 139 Å². The van der Waals surface area contributed by atoms with Gasteiger partial charge in [-0.2, -0.15) is 0 Å². The van der Waals surface area contributed by atoms with Gasteiger partial charge in [0.2, 0.25) is 0 Å². The van der Waals surface area contributed by atoms with Crippen LogP contribution in [0.3, 0.4) is 0 Å². The second-order valence-corrected chi connectivity index (χ2v) is 7.01. The van der Waals surface area contributed by atoms with E-state index in [4.69, 9.17) is 4.74 Å². The molecule has 0 aromatic heterocycles. The average Bonchev–Trinajstić information content (AvgIpc) is 2.38. The topological polar surface area (TPSA) is 83.5 Å². The lowest BCUT2D eigenvalue weighted by molar-refractivity contribution is -0.873. The lowest BCUT2D eigenvalue weighted by atomic mass is 10.1. The Balaban J connectivity index is 4.16. The molecule has 23 heavy (non-hydrogen) atoms. The summed E-state index contributed by atoms with van der Waals surface area (Å²) in [6, 6.07) is 0. The number of esters is 1. The maximum Gasteiger partial charge on any atom is 0.306 e. The number of Topliss-reactive ketones (excluding diaryl/α,β-unsaturated/α-hetero) is 1. The molecule has 0 spiro atoms. The van der Waals surface area contributed by atoms with Crippen molar-refractivity contribution in [2.24, 2.45) is 0 Å². The molecule has 0 aliphatic carbocycles. The van der Waals surface area contributed by atoms with Crippen molar-refractivity contribution < 1.29 is 28.7 Å². The van der Waals surface area contributed by atoms with E-state index in [0.29, 0.717) is 17.4 Å². The van der Waals surface area contributed by atoms with Gasteiger partial charge >= 0.3 is 5.97 Å². The van der Waals surface area contributed by atoms with E-state index in [1.54, 1.807) is 0 Å². The molecule has 0 aliphatic rings. The third-order valence-electron chi connectivity index (χ3n) is 3.36. The van der Waals surface area contributed by atoms with Crippen LogP contribution < -0.4 is 5.11 Å². The van der Waals surface area contributed by atoms with E-state index in [1.165, 1.54) is 0 Å². The number of hydrogen-bond acceptors (Lipinski definition) is 5. The molecule has 0 saturated heterocycles. The summed E-state index contributed by atoms with van der Waals surface area (Å²) in [5.41, 5.74) is 0. The molecule has 0 rings (SSSR count). The van der Waals surface area contributed by atoms with Gasteiger partial charge in [-0.3, -0.25) is 9.59 Å². The minimum absolute atomic E-state index is 0.00724. The predicted molar refractivity (Wildman–Crippen MR) is 85.4 cm³/mol. The molecule has 0 amide bonds. The minimum Gasteiger partial charge on any atom is -0.550 e. The van der Waals surface area contributed by atoms with Gasteiger partial charge in [0.1, 0.15) is 12.3 Å². The second-order valence-electron chi connectivity index (χ2n) is 7.01. The Morgan fingerprint density at radius 2 is 1.65 bits per heavy atom. The first-order valence-corrected chi connectivity index (χ1v) is 8.35. The minimum atomic E-state index is -1.25. The molecule has 0 radical (unpaired) electrons. The maximum atomic E-state index is 11.8. The summed E-state index contributed by atoms with van der Waals surface area (Å²) in [4.78, 5) is 34.2. The zero-order chi connectivity index (χ0) is 17.9. The first-order chi connectivity index (χ1) is 10.6. The Hall–Kier alpha value is -1.43. The predicted octanol–water partition coefficient (Wildman–Crippen LogP) is 1.06. The van der Waals surface area contributed by atoms with Crippen LogP contribution >= 0.6 is 0 Å². The molecule has 1 unspecified atom stereocenters. The molecule has 0 aliphatic heterocycles. The Morgan fingerprint density at radius 3 is 2.17 bits per heavy atom. The Morgan fingerprint density at radius 1 is 1.00 bits per heavy atom. The van der Waals surface area contributed by atoms with Gasteiger partial charge in [0.25, 0.3) is 0 Å². The van der Waals surface area contributed by atoms with Gasteiger partial charge in [-0.1, -0.05) is 26.2 Å². The van der Waals surface area contributed by atoms with Crippen LogP contribution in [0.15, 0.2) is 0 Å². The number of rotatable bonds is 13. The van der Waals surface area contributed by atoms with Crippen molar-refractivity contribution in [2.75, 3.05) is 27.7 Å². The van der Waals surface area contributed by atoms with Gasteiger partial charge in [-0.15, -0.1) is 0 Å². The summed E-state index contributed by atoms with van der Waals surface area (Å²) in [5, 5.41) is 10.8. The lowest BCUT2D eigenvalue weighted by Crippen LogP contribution is -2.45. The van der Waals surface area contributed by atoms with Crippen LogP contribution in [0.1, 0.15) is 58.3 Å². The van der Waals surface area contributed by atoms with Crippen molar-refractivity contribution in [3.05, 3.63) is 0 Å². The molecule has 0 fully saturated rings. The van der Waals surface area contributed by atoms with Crippen LogP contribution in [0, 0.1) is 0 Å². The van der Waals surface area contributed by atoms with Crippen molar-refractivity contribution in [2.45, 2.75) is 64.4 Å². The molecule has 0 aromatic carbocycles. The van der Waals surface area contributed by atoms with Gasteiger partial charge in [-0.25, -0.2) is 0 Å². The van der Waals surface area contributed by atoms with Crippen molar-refractivity contribution in [3.8, 4) is 0 Å². The standard InChI is InChI=1S/C17H31NO5/c1-5-6-7-8-9-14(19)10-11-17(22)23-15(12-16(20)21)13-18(2,3)4/h15H,5-13H2,1-4H3. The number of carbonyl (C=O) groups excluding carboxylic acids is 3. The van der Waals surface area contributed by atoms with Crippen LogP contribution in [0.25, 0.3) is 0 Å². The third-order valence-corrected chi connectivity index (χ3v) is 3.36. The average molecular weight is 329 g/mol. The SMILES string of the molecule is CCCCCCC(=O)CCC(=O)OC(CC(=O)[O-])C[N+](C)(C)C. The first kappa shape index (κ1) is 21.6. The molecule has 6 nitrogen and oxygen atoms in total. The van der Waals surface area contributed by atoms with Crippen molar-refractivity contribution in [1.82, 2.24) is 0 Å². The number of carbonyl (C=O) groups is 3. The van der Waals surface area contributed by atoms with E-state index >= 15 is 0 Å². The van der Waals surface area contributed by atoms with Gasteiger partial charge < -0.3 is 19.1 Å². The largest absolute Gasteiger partial charge is 0.550 e. The van der Waals surface area contributed by atoms with Crippen molar-refractivity contribution in [3.63, 3.8) is 0 Å². The fourth-order valence-electron chi connectivity index (χ4n) is 2.30. The van der Waals surface area contributed by atoms with Crippen molar-refractivity contribution >= 4 is 17.7 Å². The molecular formula is C17H31NO5. The van der Waals surface area contributed by atoms with Crippen LogP contribution in [0.5, 0.6) is 0 Å². The van der Waals surface area contributed by atoms with E-state index in [2.05, 4.69) is 6.92 Å². The summed E-state index contributed by atoms with van der Waals surface area (Å²) in [5.74, 6) is -1.71. The monoisotopic (exact) mass is 329 g/mol. The number of likely N-dealkylation sites (N-methyl/N-ethyl adjacent to an activating group) is 1. The van der Waals surface area contributed by atoms with E-state index in [0.717, 1.165) is 25.7 Å². The normalized spacial score (nSPS) is 12.7. The molecule has 6 heteroatoms. The highest BCUT2D eigenvalue weighted by Gasteiger charge is 2.22. The lowest BCUT2D eigenvalue weighted by Gasteiger charge is -2.29. The molecule has 0 heterocycles. The highest BCUT2D eigenvalue weighted by Crippen LogP contribution is 2.09. The second kappa shape index (κ2) is 11.2. The summed E-state index contributed by atoms with van der Waals surface area (Å²) < 4.78 is 5.68. The maximum absolute atomic E-state index is 11.8. The van der Waals surface area contributed by atoms with Crippen LogP contribution in [0.4, 0.5) is 0 Å². The van der Waals surface area contributed by atoms with Gasteiger partial charge in [-0.05, 0) is 6.42 Å². The molecule has 0 saturated carbocycles. The van der Waals surface area contributed by atoms with E-state index in [-0.39, 0.29) is 25.0 Å². The van der Waals surface area contributed by atoms with Crippen molar-refractivity contribution in [1.29, 1.82) is 0 Å². The molecule has 134 valence electrons. The highest BCUT2D eigenvalue weighted by molar-refractivity contribution is 5.83. The molecule has 0 N–H and O–H groups in total. The third kappa shape index (κ3) is 13.9. The smallest absolute Gasteiger partial charge is 0.306 e. The Bertz CT molecular complexity index is 387. The Kier molecular flexibility index (Phi) is 10.5. The number of hydrogen-bond donors (Lipinski definition) is 0. The van der Waals surface area contributed by atoms with Gasteiger partial charge in [0, 0.05) is 25.2 Å². The zero-order valence-corrected chi connectivity index (χ0v) is 14.9. The fourth-order valence-corrected chi connectivity index (χ4v) is 2.30. The van der Waals surface area contributed by atoms with E-state index < -0.39 is 18.0 Å². The number of ether oxygens (including phenoxy) is 1. The number of carboxylic acids is 1. The van der Waals surface area contributed by atoms with Crippen LogP contribution in [-0.4, -0.2) is 56.0 Å². The number of ketones is 1. The quantitative estimate of drug-likeness (QED) is 0.287. The molecule has 0 bridgehead atoms. The van der Waals surface area contributed by atoms with E-state index in [1.807, 2.05) is 21.1 Å². The van der Waals surface area contributed by atoms with Crippen LogP contribution in [-0.2, 0) is 19.1 Å². The number of unbranched alkanes of at least 4 members (excludes halogenated alkanes) is 3. The summed E-state index contributed by atoms with van der Waals surface area (Å²) >= 11 is 0. The fraction of sp³-hybridized carbons (Fsp3) is 0.824. The van der Waals surface area contributed by atoms with Gasteiger partial charge in [0.15, 0.2) is 6.10 Å². The first-order valence-electron chi connectivity index (χ1n) is 8.35. The number of nitrogens with zero attached hydrogens (tertiary/aromatic N) is 1. The van der Waals surface area contributed by atoms with E-state index in [9.17, 15) is 19.5 Å². The van der Waals surface area contributed by atoms with Crippen LogP contribution in [0.2, 0.25) is 0 Å². The van der Waals surface area contributed by atoms with Gasteiger partial charge in [0.05, 0.1) is 27.6 Å². The zero-order valence-electron chi connectivity index (χ0n) is 14.9. The summed E-state index contributed by atoms with van der Waals surface area (Å²) in [7, 11) is 5.65. The summed E-state index contributed by atoms with van der Waals surface area (Å²) in [6.07, 6.45) is 3.73. The number of carboxylic acid groups (broad SMARTS) is 1. The highest BCUT2D eigenvalue weighted by atomic mass is 16.5.